The molecular weight excluding hydrogens is 232 g/mol. The van der Waals surface area contributed by atoms with E-state index in [0.717, 1.165) is 11.3 Å². The van der Waals surface area contributed by atoms with Crippen LogP contribution < -0.4 is 0 Å². The van der Waals surface area contributed by atoms with Crippen LogP contribution in [0.4, 0.5) is 0 Å². The first-order valence-electron chi connectivity index (χ1n) is 5.60. The quantitative estimate of drug-likeness (QED) is 0.572. The first kappa shape index (κ1) is 13.8. The number of thioether (sulfide) groups is 1. The number of carbonyl (C=O) groups excluding carboxylic acids is 1. The first-order valence-corrected chi connectivity index (χ1v) is 6.58. The Kier molecular flexibility index (Phi) is 5.29. The summed E-state index contributed by atoms with van der Waals surface area (Å²) in [7, 11) is 1.43. The summed E-state index contributed by atoms with van der Waals surface area (Å²) >= 11 is 1.59. The lowest BCUT2D eigenvalue weighted by Crippen LogP contribution is -2.33. The average molecular weight is 250 g/mol. The zero-order chi connectivity index (χ0) is 12.7. The van der Waals surface area contributed by atoms with E-state index in [-0.39, 0.29) is 5.97 Å². The van der Waals surface area contributed by atoms with Gasteiger partial charge in [-0.05, 0) is 17.7 Å². The molecule has 0 spiro atoms. The van der Waals surface area contributed by atoms with E-state index in [1.165, 1.54) is 7.11 Å². The number of hydrogen-bond acceptors (Lipinski definition) is 3. The molecule has 0 N–H and O–H groups in total. The van der Waals surface area contributed by atoms with Gasteiger partial charge < -0.3 is 4.74 Å². The molecule has 0 bridgehead atoms. The van der Waals surface area contributed by atoms with Crippen LogP contribution in [0.15, 0.2) is 43.0 Å². The Bertz CT molecular complexity index is 375. The van der Waals surface area contributed by atoms with Crippen molar-refractivity contribution in [2.75, 3.05) is 12.9 Å². The Labute approximate surface area is 107 Å². The molecule has 0 saturated heterocycles. The van der Waals surface area contributed by atoms with Crippen molar-refractivity contribution < 1.29 is 9.53 Å². The van der Waals surface area contributed by atoms with Crippen LogP contribution in [0.5, 0.6) is 0 Å². The predicted molar refractivity (Wildman–Crippen MR) is 73.1 cm³/mol. The fourth-order valence-electron chi connectivity index (χ4n) is 1.84. The van der Waals surface area contributed by atoms with Crippen molar-refractivity contribution >= 4 is 17.7 Å². The smallest absolute Gasteiger partial charge is 0.326 e. The summed E-state index contributed by atoms with van der Waals surface area (Å²) in [5, 5.41) is 0. The predicted octanol–water partition coefficient (Wildman–Crippen LogP) is 3.38. The van der Waals surface area contributed by atoms with Gasteiger partial charge in [0.2, 0.25) is 0 Å². The van der Waals surface area contributed by atoms with Crippen molar-refractivity contribution in [2.24, 2.45) is 0 Å². The number of carbonyl (C=O) groups is 1. The largest absolute Gasteiger partial charge is 0.468 e. The van der Waals surface area contributed by atoms with E-state index in [1.807, 2.05) is 37.3 Å². The molecule has 3 heteroatoms. The van der Waals surface area contributed by atoms with Crippen molar-refractivity contribution in [3.63, 3.8) is 0 Å². The number of allylic oxidation sites excluding steroid dienone is 1. The molecule has 0 saturated carbocycles. The molecule has 0 radical (unpaired) electrons. The van der Waals surface area contributed by atoms with E-state index in [2.05, 4.69) is 6.58 Å². The Balaban J connectivity index is 3.23. The normalized spacial score (nSPS) is 13.8. The van der Waals surface area contributed by atoms with E-state index >= 15 is 0 Å². The molecule has 0 aliphatic carbocycles. The molecule has 0 aliphatic heterocycles. The van der Waals surface area contributed by atoms with Crippen molar-refractivity contribution in [2.45, 2.75) is 18.1 Å². The van der Waals surface area contributed by atoms with E-state index in [9.17, 15) is 4.79 Å². The van der Waals surface area contributed by atoms with E-state index in [0.29, 0.717) is 6.42 Å². The second-order valence-corrected chi connectivity index (χ2v) is 5.17. The molecule has 92 valence electrons. The molecule has 1 aromatic rings. The summed E-state index contributed by atoms with van der Waals surface area (Å²) in [6, 6.07) is 9.74. The lowest BCUT2D eigenvalue weighted by Gasteiger charge is -2.29. The molecule has 1 rings (SSSR count). The third-order valence-corrected chi connectivity index (χ3v) is 3.93. The van der Waals surface area contributed by atoms with Gasteiger partial charge in [0.15, 0.2) is 0 Å². The van der Waals surface area contributed by atoms with Crippen LogP contribution in [0.2, 0.25) is 0 Å². The maximum atomic E-state index is 12.1. The summed E-state index contributed by atoms with van der Waals surface area (Å²) in [5.74, 6) is 0.633. The van der Waals surface area contributed by atoms with Gasteiger partial charge in [0.1, 0.15) is 4.75 Å². The van der Waals surface area contributed by atoms with Gasteiger partial charge in [0.05, 0.1) is 7.11 Å². The molecule has 2 nitrogen and oxygen atoms in total. The third kappa shape index (κ3) is 2.91. The fraction of sp³-hybridized carbons (Fsp3) is 0.357. The molecule has 0 fully saturated rings. The molecule has 0 aliphatic rings. The Morgan fingerprint density at radius 3 is 2.59 bits per heavy atom. The zero-order valence-electron chi connectivity index (χ0n) is 10.3. The van der Waals surface area contributed by atoms with Gasteiger partial charge in [0.25, 0.3) is 0 Å². The van der Waals surface area contributed by atoms with Gasteiger partial charge in [-0.2, -0.15) is 0 Å². The molecule has 1 atom stereocenters. The van der Waals surface area contributed by atoms with Crippen LogP contribution in [0.25, 0.3) is 0 Å². The number of ether oxygens (including phenoxy) is 1. The average Bonchev–Trinajstić information content (AvgIpc) is 2.38. The molecular formula is C14H18O2S. The van der Waals surface area contributed by atoms with Gasteiger partial charge >= 0.3 is 5.97 Å². The topological polar surface area (TPSA) is 26.3 Å². The fourth-order valence-corrected chi connectivity index (χ4v) is 3.07. The molecule has 0 amide bonds. The Morgan fingerprint density at radius 1 is 1.47 bits per heavy atom. The Morgan fingerprint density at radius 2 is 2.12 bits per heavy atom. The second kappa shape index (κ2) is 6.50. The minimum atomic E-state index is -0.660. The monoisotopic (exact) mass is 250 g/mol. The summed E-state index contributed by atoms with van der Waals surface area (Å²) < 4.78 is 4.31. The van der Waals surface area contributed by atoms with E-state index < -0.39 is 4.75 Å². The summed E-state index contributed by atoms with van der Waals surface area (Å²) in [6.07, 6.45) is 2.34. The van der Waals surface area contributed by atoms with Crippen molar-refractivity contribution in [3.8, 4) is 0 Å². The first-order chi connectivity index (χ1) is 8.21. The SMILES string of the molecule is C=CCC(SCC)(C(=O)OC)c1ccccc1. The van der Waals surface area contributed by atoms with Gasteiger partial charge in [-0.1, -0.05) is 43.3 Å². The summed E-state index contributed by atoms with van der Waals surface area (Å²) in [5.41, 5.74) is 0.971. The highest BCUT2D eigenvalue weighted by molar-refractivity contribution is 8.00. The summed E-state index contributed by atoms with van der Waals surface area (Å²) in [6.45, 7) is 5.78. The Hall–Kier alpha value is -1.22. The van der Waals surface area contributed by atoms with Crippen molar-refractivity contribution in [3.05, 3.63) is 48.6 Å². The number of hydrogen-bond donors (Lipinski definition) is 0. The van der Waals surface area contributed by atoms with Gasteiger partial charge in [-0.15, -0.1) is 18.3 Å². The number of rotatable bonds is 6. The van der Waals surface area contributed by atoms with Crippen LogP contribution in [0.3, 0.4) is 0 Å². The molecule has 17 heavy (non-hydrogen) atoms. The van der Waals surface area contributed by atoms with Crippen LogP contribution >= 0.6 is 11.8 Å². The molecule has 0 aromatic heterocycles. The van der Waals surface area contributed by atoms with E-state index in [4.69, 9.17) is 4.74 Å². The van der Waals surface area contributed by atoms with E-state index in [1.54, 1.807) is 17.8 Å². The van der Waals surface area contributed by atoms with Crippen LogP contribution in [0, 0.1) is 0 Å². The lowest BCUT2D eigenvalue weighted by molar-refractivity contribution is -0.143. The lowest BCUT2D eigenvalue weighted by atomic mass is 9.94. The molecule has 1 unspecified atom stereocenters. The maximum Gasteiger partial charge on any atom is 0.326 e. The minimum Gasteiger partial charge on any atom is -0.468 e. The highest BCUT2D eigenvalue weighted by atomic mass is 32.2. The minimum absolute atomic E-state index is 0.213. The number of esters is 1. The maximum absolute atomic E-state index is 12.1. The van der Waals surface area contributed by atoms with Crippen molar-refractivity contribution in [1.82, 2.24) is 0 Å². The van der Waals surface area contributed by atoms with Gasteiger partial charge in [0, 0.05) is 0 Å². The zero-order valence-corrected chi connectivity index (χ0v) is 11.1. The van der Waals surface area contributed by atoms with Gasteiger partial charge in [-0.3, -0.25) is 4.79 Å². The molecule has 0 heterocycles. The van der Waals surface area contributed by atoms with Crippen molar-refractivity contribution in [1.29, 1.82) is 0 Å². The van der Waals surface area contributed by atoms with Crippen LogP contribution in [-0.2, 0) is 14.3 Å². The van der Waals surface area contributed by atoms with Gasteiger partial charge in [-0.25, -0.2) is 0 Å². The van der Waals surface area contributed by atoms with Crippen LogP contribution in [-0.4, -0.2) is 18.8 Å². The number of methoxy groups -OCH3 is 1. The van der Waals surface area contributed by atoms with Crippen LogP contribution in [0.1, 0.15) is 18.9 Å². The second-order valence-electron chi connectivity index (χ2n) is 3.61. The highest BCUT2D eigenvalue weighted by Gasteiger charge is 2.40. The molecule has 1 aromatic carbocycles. The summed E-state index contributed by atoms with van der Waals surface area (Å²) in [4.78, 5) is 12.1. The third-order valence-electron chi connectivity index (χ3n) is 2.58. The standard InChI is InChI=1S/C14H18O2S/c1-4-11-14(17-5-2,13(15)16-3)12-9-7-6-8-10-12/h4,6-10H,1,5,11H2,2-3H3. The highest BCUT2D eigenvalue weighted by Crippen LogP contribution is 2.41. The number of benzene rings is 1.